The summed E-state index contributed by atoms with van der Waals surface area (Å²) in [5, 5.41) is 0. The Kier molecular flexibility index (Phi) is 3.43. The van der Waals surface area contributed by atoms with Crippen LogP contribution in [0.3, 0.4) is 0 Å². The maximum absolute atomic E-state index is 13.2. The first-order valence-corrected chi connectivity index (χ1v) is 8.85. The zero-order valence-electron chi connectivity index (χ0n) is 15.2. The number of furan rings is 1. The topological polar surface area (TPSA) is 50.5 Å². The van der Waals surface area contributed by atoms with Gasteiger partial charge in [-0.3, -0.25) is 9.59 Å². The molecule has 0 fully saturated rings. The van der Waals surface area contributed by atoms with Gasteiger partial charge in [0.1, 0.15) is 5.76 Å². The summed E-state index contributed by atoms with van der Waals surface area (Å²) in [6, 6.07) is 8.06. The minimum atomic E-state index is -0.144. The molecule has 2 aliphatic rings. The molecular weight excluding hydrogens is 314 g/mol. The lowest BCUT2D eigenvalue weighted by Gasteiger charge is -2.27. The van der Waals surface area contributed by atoms with E-state index in [9.17, 15) is 9.59 Å². The van der Waals surface area contributed by atoms with Gasteiger partial charge in [-0.25, -0.2) is 0 Å². The summed E-state index contributed by atoms with van der Waals surface area (Å²) < 4.78 is 5.97. The number of rotatable bonds is 1. The number of nitrogens with zero attached hydrogens (tertiary/aromatic N) is 1. The fraction of sp³-hybridized carbons (Fsp3) is 0.429. The average Bonchev–Trinajstić information content (AvgIpc) is 3.02. The maximum Gasteiger partial charge on any atom is 0.294 e. The maximum atomic E-state index is 13.2. The third-order valence-electron chi connectivity index (χ3n) is 5.40. The van der Waals surface area contributed by atoms with Gasteiger partial charge in [0.25, 0.3) is 5.91 Å². The molecule has 0 radical (unpaired) electrons. The average molecular weight is 337 g/mol. The quantitative estimate of drug-likeness (QED) is 0.778. The number of Topliss-reactive ketones (excluding diaryl/α,β-unsaturated/α-hetero) is 1. The highest BCUT2D eigenvalue weighted by Gasteiger charge is 2.39. The molecule has 2 heterocycles. The monoisotopic (exact) mass is 337 g/mol. The van der Waals surface area contributed by atoms with Crippen LogP contribution in [0.4, 0.5) is 5.69 Å². The first-order chi connectivity index (χ1) is 11.8. The number of hydrogen-bond acceptors (Lipinski definition) is 3. The van der Waals surface area contributed by atoms with Gasteiger partial charge >= 0.3 is 0 Å². The van der Waals surface area contributed by atoms with Crippen LogP contribution >= 0.6 is 0 Å². The fourth-order valence-electron chi connectivity index (χ4n) is 4.27. The van der Waals surface area contributed by atoms with E-state index in [-0.39, 0.29) is 23.1 Å². The number of ketones is 1. The summed E-state index contributed by atoms with van der Waals surface area (Å²) in [6.45, 7) is 8.00. The predicted octanol–water partition coefficient (Wildman–Crippen LogP) is 4.33. The third kappa shape index (κ3) is 2.43. The number of anilines is 1. The lowest BCUT2D eigenvalue weighted by molar-refractivity contribution is 0.0895. The smallest absolute Gasteiger partial charge is 0.294 e. The molecular formula is C21H23NO3. The molecule has 25 heavy (non-hydrogen) atoms. The number of para-hydroxylation sites is 1. The highest BCUT2D eigenvalue weighted by Crippen LogP contribution is 2.40. The lowest BCUT2D eigenvalue weighted by Crippen LogP contribution is -2.35. The Balaban J connectivity index is 1.77. The van der Waals surface area contributed by atoms with Gasteiger partial charge in [0.15, 0.2) is 11.5 Å². The van der Waals surface area contributed by atoms with Crippen molar-refractivity contribution in [1.29, 1.82) is 0 Å². The van der Waals surface area contributed by atoms with Crippen LogP contribution in [0.2, 0.25) is 0 Å². The summed E-state index contributed by atoms with van der Waals surface area (Å²) in [7, 11) is 0. The van der Waals surface area contributed by atoms with E-state index < -0.39 is 0 Å². The van der Waals surface area contributed by atoms with E-state index in [0.717, 1.165) is 12.1 Å². The Morgan fingerprint density at radius 2 is 1.96 bits per heavy atom. The minimum absolute atomic E-state index is 0.0820. The molecule has 4 rings (SSSR count). The van der Waals surface area contributed by atoms with E-state index in [2.05, 4.69) is 19.9 Å². The van der Waals surface area contributed by atoms with E-state index in [1.165, 1.54) is 5.56 Å². The Labute approximate surface area is 147 Å². The summed E-state index contributed by atoms with van der Waals surface area (Å²) in [5.74, 6) is 0.929. The molecule has 0 saturated heterocycles. The highest BCUT2D eigenvalue weighted by molar-refractivity contribution is 6.10. The van der Waals surface area contributed by atoms with E-state index in [4.69, 9.17) is 4.42 Å². The lowest BCUT2D eigenvalue weighted by atomic mass is 9.76. The van der Waals surface area contributed by atoms with Crippen molar-refractivity contribution in [3.05, 3.63) is 52.5 Å². The number of carbonyl (C=O) groups is 2. The van der Waals surface area contributed by atoms with Crippen molar-refractivity contribution in [2.45, 2.75) is 53.0 Å². The molecule has 1 aromatic heterocycles. The SMILES string of the molecule is Cc1c(C(=O)N2c3ccccc3CC2C)oc2c1C(=O)CC(C)(C)C2. The van der Waals surface area contributed by atoms with Crippen molar-refractivity contribution in [2.24, 2.45) is 5.41 Å². The van der Waals surface area contributed by atoms with Gasteiger partial charge in [-0.05, 0) is 37.3 Å². The van der Waals surface area contributed by atoms with Crippen LogP contribution < -0.4 is 4.90 Å². The number of fused-ring (bicyclic) bond motifs is 2. The first-order valence-electron chi connectivity index (χ1n) is 8.85. The fourth-order valence-corrected chi connectivity index (χ4v) is 4.27. The molecule has 0 N–H and O–H groups in total. The van der Waals surface area contributed by atoms with Gasteiger partial charge in [-0.15, -0.1) is 0 Å². The second-order valence-corrected chi connectivity index (χ2v) is 8.15. The Hall–Kier alpha value is -2.36. The third-order valence-corrected chi connectivity index (χ3v) is 5.40. The van der Waals surface area contributed by atoms with Crippen LogP contribution in [-0.4, -0.2) is 17.7 Å². The van der Waals surface area contributed by atoms with Gasteiger partial charge in [0.2, 0.25) is 0 Å². The van der Waals surface area contributed by atoms with Crippen LogP contribution in [0.1, 0.15) is 65.0 Å². The summed E-state index contributed by atoms with van der Waals surface area (Å²) in [5.41, 5.74) is 3.32. The van der Waals surface area contributed by atoms with Crippen LogP contribution in [0.5, 0.6) is 0 Å². The van der Waals surface area contributed by atoms with Crippen molar-refractivity contribution in [3.8, 4) is 0 Å². The zero-order valence-corrected chi connectivity index (χ0v) is 15.2. The van der Waals surface area contributed by atoms with Crippen molar-refractivity contribution in [3.63, 3.8) is 0 Å². The number of amides is 1. The van der Waals surface area contributed by atoms with Crippen molar-refractivity contribution >= 4 is 17.4 Å². The van der Waals surface area contributed by atoms with Gasteiger partial charge < -0.3 is 9.32 Å². The zero-order chi connectivity index (χ0) is 17.9. The van der Waals surface area contributed by atoms with Gasteiger partial charge in [0.05, 0.1) is 5.56 Å². The summed E-state index contributed by atoms with van der Waals surface area (Å²) in [4.78, 5) is 27.6. The Morgan fingerprint density at radius 1 is 1.24 bits per heavy atom. The van der Waals surface area contributed by atoms with Crippen molar-refractivity contribution in [2.75, 3.05) is 4.90 Å². The summed E-state index contributed by atoms with van der Waals surface area (Å²) in [6.07, 6.45) is 2.03. The van der Waals surface area contributed by atoms with Gasteiger partial charge in [0, 0.05) is 30.1 Å². The Morgan fingerprint density at radius 3 is 2.72 bits per heavy atom. The van der Waals surface area contributed by atoms with Crippen molar-refractivity contribution < 1.29 is 14.0 Å². The molecule has 1 aliphatic carbocycles. The van der Waals surface area contributed by atoms with Gasteiger partial charge in [-0.1, -0.05) is 32.0 Å². The van der Waals surface area contributed by atoms with Crippen LogP contribution in [-0.2, 0) is 12.8 Å². The standard InChI is InChI=1S/C21H23NO3/c1-12-9-14-7-5-6-8-15(14)22(12)20(24)19-13(2)18-16(23)10-21(3,4)11-17(18)25-19/h5-8,12H,9-11H2,1-4H3. The van der Waals surface area contributed by atoms with E-state index in [1.54, 1.807) is 0 Å². The molecule has 0 spiro atoms. The molecule has 1 unspecified atom stereocenters. The number of carbonyl (C=O) groups excluding carboxylic acids is 2. The normalized spacial score (nSPS) is 21.2. The first kappa shape index (κ1) is 16.1. The molecule has 1 atom stereocenters. The minimum Gasteiger partial charge on any atom is -0.455 e. The molecule has 2 aromatic rings. The van der Waals surface area contributed by atoms with E-state index in [1.807, 2.05) is 36.9 Å². The van der Waals surface area contributed by atoms with E-state index in [0.29, 0.717) is 35.5 Å². The highest BCUT2D eigenvalue weighted by atomic mass is 16.4. The molecule has 130 valence electrons. The second-order valence-electron chi connectivity index (χ2n) is 8.15. The molecule has 4 heteroatoms. The molecule has 4 nitrogen and oxygen atoms in total. The summed E-state index contributed by atoms with van der Waals surface area (Å²) >= 11 is 0. The molecule has 0 saturated carbocycles. The Bertz CT molecular complexity index is 891. The van der Waals surface area contributed by atoms with E-state index >= 15 is 0 Å². The largest absolute Gasteiger partial charge is 0.455 e. The molecule has 1 aromatic carbocycles. The second kappa shape index (κ2) is 5.32. The molecule has 1 amide bonds. The molecule has 1 aliphatic heterocycles. The van der Waals surface area contributed by atoms with Crippen molar-refractivity contribution in [1.82, 2.24) is 0 Å². The predicted molar refractivity (Wildman–Crippen MR) is 96.3 cm³/mol. The van der Waals surface area contributed by atoms with Gasteiger partial charge in [-0.2, -0.15) is 0 Å². The van der Waals surface area contributed by atoms with Crippen LogP contribution in [0.25, 0.3) is 0 Å². The van der Waals surface area contributed by atoms with Crippen LogP contribution in [0.15, 0.2) is 28.7 Å². The number of benzene rings is 1. The number of hydrogen-bond donors (Lipinski definition) is 0. The van der Waals surface area contributed by atoms with Crippen LogP contribution in [0, 0.1) is 12.3 Å². The molecule has 0 bridgehead atoms.